The molecule has 0 aliphatic heterocycles. The van der Waals surface area contributed by atoms with Crippen molar-refractivity contribution in [2.24, 2.45) is 0 Å². The number of aromatic nitrogens is 1. The van der Waals surface area contributed by atoms with E-state index in [1.54, 1.807) is 30.5 Å². The Morgan fingerprint density at radius 3 is 2.48 bits per heavy atom. The lowest BCUT2D eigenvalue weighted by atomic mass is 10.0. The molecule has 0 radical (unpaired) electrons. The second-order valence-electron chi connectivity index (χ2n) is 5.60. The molecule has 1 heterocycles. The van der Waals surface area contributed by atoms with Gasteiger partial charge >= 0.3 is 0 Å². The Morgan fingerprint density at radius 1 is 1.24 bits per heavy atom. The van der Waals surface area contributed by atoms with E-state index in [4.69, 9.17) is 11.6 Å². The van der Waals surface area contributed by atoms with Crippen LogP contribution in [0.1, 0.15) is 37.6 Å². The van der Waals surface area contributed by atoms with E-state index in [0.29, 0.717) is 10.6 Å². The van der Waals surface area contributed by atoms with Gasteiger partial charge in [0.15, 0.2) is 0 Å². The van der Waals surface area contributed by atoms with Gasteiger partial charge in [-0.2, -0.15) is 0 Å². The van der Waals surface area contributed by atoms with E-state index in [1.807, 2.05) is 32.9 Å². The van der Waals surface area contributed by atoms with Gasteiger partial charge in [0, 0.05) is 22.9 Å². The molecule has 1 N–H and O–H groups in total. The van der Waals surface area contributed by atoms with Crippen molar-refractivity contribution in [1.29, 1.82) is 0 Å². The van der Waals surface area contributed by atoms with Gasteiger partial charge in [0.25, 0.3) is 5.91 Å². The number of carbonyl (C=O) groups is 1. The third-order valence-electron chi connectivity index (χ3n) is 3.51. The molecule has 21 heavy (non-hydrogen) atoms. The van der Waals surface area contributed by atoms with Gasteiger partial charge in [0.1, 0.15) is 0 Å². The zero-order valence-electron chi connectivity index (χ0n) is 12.5. The number of nitrogens with one attached hydrogen (secondary N) is 1. The molecular formula is C17H19ClN2O. The minimum atomic E-state index is -0.208. The topological polar surface area (TPSA) is 42.0 Å². The SMILES string of the molecule is CCC(C)(C)NC(=O)c1ccc(-c2ncccc2Cl)cc1. The zero-order chi connectivity index (χ0) is 15.5. The summed E-state index contributed by atoms with van der Waals surface area (Å²) in [5.41, 5.74) is 2.04. The molecule has 0 aliphatic rings. The molecular weight excluding hydrogens is 284 g/mol. The highest BCUT2D eigenvalue weighted by atomic mass is 35.5. The van der Waals surface area contributed by atoms with E-state index < -0.39 is 0 Å². The van der Waals surface area contributed by atoms with Crippen LogP contribution in [0.4, 0.5) is 0 Å². The number of benzene rings is 1. The highest BCUT2D eigenvalue weighted by Gasteiger charge is 2.18. The molecule has 4 heteroatoms. The van der Waals surface area contributed by atoms with Crippen LogP contribution in [0.25, 0.3) is 11.3 Å². The zero-order valence-corrected chi connectivity index (χ0v) is 13.2. The number of amides is 1. The van der Waals surface area contributed by atoms with E-state index in [0.717, 1.165) is 17.7 Å². The van der Waals surface area contributed by atoms with Crippen LogP contribution < -0.4 is 5.32 Å². The number of pyridine rings is 1. The molecule has 1 aromatic heterocycles. The molecule has 0 aliphatic carbocycles. The maximum atomic E-state index is 12.2. The number of carbonyl (C=O) groups excluding carboxylic acids is 1. The van der Waals surface area contributed by atoms with E-state index in [-0.39, 0.29) is 11.4 Å². The Morgan fingerprint density at radius 2 is 1.90 bits per heavy atom. The average molecular weight is 303 g/mol. The first-order valence-electron chi connectivity index (χ1n) is 6.96. The Kier molecular flexibility index (Phi) is 4.63. The van der Waals surface area contributed by atoms with Crippen LogP contribution in [-0.4, -0.2) is 16.4 Å². The molecule has 0 fully saturated rings. The monoisotopic (exact) mass is 302 g/mol. The Bertz CT molecular complexity index is 635. The predicted molar refractivity (Wildman–Crippen MR) is 86.5 cm³/mol. The van der Waals surface area contributed by atoms with Crippen molar-refractivity contribution in [3.05, 3.63) is 53.2 Å². The molecule has 1 aromatic carbocycles. The first-order chi connectivity index (χ1) is 9.93. The quantitative estimate of drug-likeness (QED) is 0.914. The van der Waals surface area contributed by atoms with Gasteiger partial charge in [0.2, 0.25) is 0 Å². The fourth-order valence-electron chi connectivity index (χ4n) is 1.85. The number of hydrogen-bond acceptors (Lipinski definition) is 2. The van der Waals surface area contributed by atoms with Crippen LogP contribution in [0.15, 0.2) is 42.6 Å². The van der Waals surface area contributed by atoms with Crippen molar-refractivity contribution >= 4 is 17.5 Å². The van der Waals surface area contributed by atoms with Crippen molar-refractivity contribution in [2.75, 3.05) is 0 Å². The third kappa shape index (κ3) is 3.82. The summed E-state index contributed by atoms with van der Waals surface area (Å²) in [6.07, 6.45) is 2.58. The number of nitrogens with zero attached hydrogens (tertiary/aromatic N) is 1. The van der Waals surface area contributed by atoms with Crippen LogP contribution in [-0.2, 0) is 0 Å². The number of rotatable bonds is 4. The van der Waals surface area contributed by atoms with Crippen LogP contribution in [0.5, 0.6) is 0 Å². The summed E-state index contributed by atoms with van der Waals surface area (Å²) in [4.78, 5) is 16.4. The summed E-state index contributed by atoms with van der Waals surface area (Å²) in [7, 11) is 0. The van der Waals surface area contributed by atoms with Gasteiger partial charge in [0.05, 0.1) is 10.7 Å². The molecule has 0 saturated carbocycles. The second kappa shape index (κ2) is 6.27. The number of hydrogen-bond donors (Lipinski definition) is 1. The van der Waals surface area contributed by atoms with Gasteiger partial charge in [-0.05, 0) is 44.5 Å². The third-order valence-corrected chi connectivity index (χ3v) is 3.82. The Hall–Kier alpha value is -1.87. The standard InChI is InChI=1S/C17H19ClN2O/c1-4-17(2,3)20-16(21)13-9-7-12(8-10-13)15-14(18)6-5-11-19-15/h5-11H,4H2,1-3H3,(H,20,21). The van der Waals surface area contributed by atoms with Crippen molar-refractivity contribution in [3.8, 4) is 11.3 Å². The predicted octanol–water partition coefficient (Wildman–Crippen LogP) is 4.32. The molecule has 2 rings (SSSR count). The normalized spacial score (nSPS) is 11.2. The fourth-order valence-corrected chi connectivity index (χ4v) is 2.08. The summed E-state index contributed by atoms with van der Waals surface area (Å²) < 4.78 is 0. The van der Waals surface area contributed by atoms with Crippen molar-refractivity contribution in [3.63, 3.8) is 0 Å². The molecule has 2 aromatic rings. The largest absolute Gasteiger partial charge is 0.347 e. The van der Waals surface area contributed by atoms with Crippen molar-refractivity contribution in [2.45, 2.75) is 32.7 Å². The molecule has 0 spiro atoms. The lowest BCUT2D eigenvalue weighted by molar-refractivity contribution is 0.0911. The maximum absolute atomic E-state index is 12.2. The summed E-state index contributed by atoms with van der Waals surface area (Å²) in [5.74, 6) is -0.0690. The molecule has 110 valence electrons. The highest BCUT2D eigenvalue weighted by molar-refractivity contribution is 6.33. The summed E-state index contributed by atoms with van der Waals surface area (Å²) in [6.45, 7) is 6.06. The van der Waals surface area contributed by atoms with E-state index in [9.17, 15) is 4.79 Å². The van der Waals surface area contributed by atoms with E-state index in [1.165, 1.54) is 0 Å². The lowest BCUT2D eigenvalue weighted by Gasteiger charge is -2.24. The summed E-state index contributed by atoms with van der Waals surface area (Å²) in [6, 6.07) is 10.9. The van der Waals surface area contributed by atoms with Gasteiger partial charge in [-0.3, -0.25) is 9.78 Å². The molecule has 0 saturated heterocycles. The van der Waals surface area contributed by atoms with E-state index >= 15 is 0 Å². The van der Waals surface area contributed by atoms with Gasteiger partial charge < -0.3 is 5.32 Å². The van der Waals surface area contributed by atoms with Crippen LogP contribution in [0, 0.1) is 0 Å². The minimum absolute atomic E-state index is 0.0690. The maximum Gasteiger partial charge on any atom is 0.251 e. The molecule has 3 nitrogen and oxygen atoms in total. The lowest BCUT2D eigenvalue weighted by Crippen LogP contribution is -2.42. The van der Waals surface area contributed by atoms with Gasteiger partial charge in [-0.25, -0.2) is 0 Å². The molecule has 0 atom stereocenters. The van der Waals surface area contributed by atoms with Gasteiger partial charge in [-0.1, -0.05) is 30.7 Å². The number of halogens is 1. The Balaban J connectivity index is 2.20. The average Bonchev–Trinajstić information content (AvgIpc) is 2.47. The van der Waals surface area contributed by atoms with Crippen molar-refractivity contribution in [1.82, 2.24) is 10.3 Å². The first kappa shape index (κ1) is 15.5. The van der Waals surface area contributed by atoms with Gasteiger partial charge in [-0.15, -0.1) is 0 Å². The van der Waals surface area contributed by atoms with Crippen LogP contribution >= 0.6 is 11.6 Å². The smallest absolute Gasteiger partial charge is 0.251 e. The first-order valence-corrected chi connectivity index (χ1v) is 7.34. The Labute approximate surface area is 130 Å². The molecule has 1 amide bonds. The summed E-state index contributed by atoms with van der Waals surface area (Å²) >= 11 is 6.13. The minimum Gasteiger partial charge on any atom is -0.347 e. The summed E-state index contributed by atoms with van der Waals surface area (Å²) in [5, 5.41) is 3.61. The highest BCUT2D eigenvalue weighted by Crippen LogP contribution is 2.25. The fraction of sp³-hybridized carbons (Fsp3) is 0.294. The van der Waals surface area contributed by atoms with Crippen LogP contribution in [0.3, 0.4) is 0 Å². The molecule has 0 unspecified atom stereocenters. The van der Waals surface area contributed by atoms with Crippen molar-refractivity contribution < 1.29 is 4.79 Å². The molecule has 0 bridgehead atoms. The van der Waals surface area contributed by atoms with Crippen LogP contribution in [0.2, 0.25) is 5.02 Å². The van der Waals surface area contributed by atoms with E-state index in [2.05, 4.69) is 10.3 Å². The second-order valence-corrected chi connectivity index (χ2v) is 6.01.